The minimum Gasteiger partial charge on any atom is -0.455 e. The maximum atomic E-state index is 9.45. The van der Waals surface area contributed by atoms with Crippen molar-refractivity contribution in [2.75, 3.05) is 6.61 Å². The molecule has 0 aromatic heterocycles. The molecule has 0 aliphatic carbocycles. The van der Waals surface area contributed by atoms with Crippen molar-refractivity contribution in [1.29, 1.82) is 0 Å². The lowest BCUT2D eigenvalue weighted by Gasteiger charge is -2.14. The molecule has 0 aliphatic rings. The Hall–Kier alpha value is -0.570. The zero-order chi connectivity index (χ0) is 6.62. The number of rotatable bonds is 3. The number of hydrogen-bond acceptors (Lipinski definition) is 3. The van der Waals surface area contributed by atoms with E-state index in [9.17, 15) is 4.79 Å². The lowest BCUT2D eigenvalue weighted by atomic mass is 10.1. The molecule has 0 atom stereocenters. The predicted octanol–water partition coefficient (Wildman–Crippen LogP) is -0.193. The van der Waals surface area contributed by atoms with Crippen molar-refractivity contribution < 1.29 is 9.53 Å². The highest BCUT2D eigenvalue weighted by molar-refractivity contribution is 5.38. The summed E-state index contributed by atoms with van der Waals surface area (Å²) < 4.78 is 4.27. The van der Waals surface area contributed by atoms with E-state index in [-0.39, 0.29) is 6.61 Å². The summed E-state index contributed by atoms with van der Waals surface area (Å²) in [7, 11) is 0. The summed E-state index contributed by atoms with van der Waals surface area (Å²) in [6, 6.07) is 0. The fourth-order valence-corrected chi connectivity index (χ4v) is 0.215. The molecule has 3 heteroatoms. The van der Waals surface area contributed by atoms with Crippen LogP contribution < -0.4 is 5.73 Å². The molecular weight excluding hydrogens is 106 g/mol. The Kier molecular flexibility index (Phi) is 2.48. The van der Waals surface area contributed by atoms with E-state index < -0.39 is 5.54 Å². The van der Waals surface area contributed by atoms with Crippen LogP contribution in [0.2, 0.25) is 0 Å². The predicted molar refractivity (Wildman–Crippen MR) is 29.9 cm³/mol. The molecule has 2 N–H and O–H groups in total. The summed E-state index contributed by atoms with van der Waals surface area (Å²) in [5.41, 5.74) is 4.98. The topological polar surface area (TPSA) is 52.3 Å². The zero-order valence-electron chi connectivity index (χ0n) is 5.10. The van der Waals surface area contributed by atoms with Crippen LogP contribution in [0.25, 0.3) is 0 Å². The van der Waals surface area contributed by atoms with Crippen molar-refractivity contribution in [3.8, 4) is 0 Å². The minimum atomic E-state index is -0.433. The molecule has 1 radical (unpaired) electrons. The van der Waals surface area contributed by atoms with Gasteiger partial charge in [-0.2, -0.15) is 0 Å². The van der Waals surface area contributed by atoms with Crippen LogP contribution in [0.4, 0.5) is 0 Å². The molecule has 0 fully saturated rings. The molecule has 0 saturated carbocycles. The van der Waals surface area contributed by atoms with Crippen LogP contribution in [-0.2, 0) is 9.53 Å². The van der Waals surface area contributed by atoms with Crippen molar-refractivity contribution >= 4 is 6.47 Å². The van der Waals surface area contributed by atoms with Crippen molar-refractivity contribution in [3.05, 3.63) is 0 Å². The first-order valence-corrected chi connectivity index (χ1v) is 2.34. The van der Waals surface area contributed by atoms with Crippen LogP contribution in [0.1, 0.15) is 13.8 Å². The van der Waals surface area contributed by atoms with E-state index in [0.29, 0.717) is 0 Å². The Morgan fingerprint density at radius 2 is 2.25 bits per heavy atom. The average Bonchev–Trinajstić information content (AvgIpc) is 1.59. The van der Waals surface area contributed by atoms with Gasteiger partial charge < -0.3 is 10.5 Å². The van der Waals surface area contributed by atoms with E-state index in [4.69, 9.17) is 5.73 Å². The molecule has 8 heavy (non-hydrogen) atoms. The maximum Gasteiger partial charge on any atom is 0.417 e. The summed E-state index contributed by atoms with van der Waals surface area (Å²) in [5.74, 6) is 0. The smallest absolute Gasteiger partial charge is 0.417 e. The Morgan fingerprint density at radius 3 is 2.38 bits per heavy atom. The molecule has 0 amide bonds. The normalized spacial score (nSPS) is 10.9. The molecule has 0 unspecified atom stereocenters. The van der Waals surface area contributed by atoms with Crippen LogP contribution in [0.3, 0.4) is 0 Å². The lowest BCUT2D eigenvalue weighted by Crippen LogP contribution is -2.37. The summed E-state index contributed by atoms with van der Waals surface area (Å²) in [6.45, 7) is 5.05. The van der Waals surface area contributed by atoms with E-state index in [0.717, 1.165) is 0 Å². The Morgan fingerprint density at radius 1 is 1.75 bits per heavy atom. The van der Waals surface area contributed by atoms with Gasteiger partial charge in [-0.3, -0.25) is 0 Å². The third-order valence-electron chi connectivity index (χ3n) is 0.503. The van der Waals surface area contributed by atoms with Crippen LogP contribution in [0.15, 0.2) is 0 Å². The first-order valence-electron chi connectivity index (χ1n) is 2.34. The van der Waals surface area contributed by atoms with Gasteiger partial charge in [0, 0.05) is 5.54 Å². The number of carbonyl (C=O) groups excluding carboxylic acids is 1. The lowest BCUT2D eigenvalue weighted by molar-refractivity contribution is 0.217. The summed E-state index contributed by atoms with van der Waals surface area (Å²) in [5, 5.41) is 0. The Labute approximate surface area is 48.8 Å². The Bertz CT molecular complexity index is 75.0. The minimum absolute atomic E-state index is 0.219. The van der Waals surface area contributed by atoms with Gasteiger partial charge in [-0.25, -0.2) is 4.79 Å². The quantitative estimate of drug-likeness (QED) is 0.556. The molecule has 0 aromatic carbocycles. The number of ether oxygens (including phenoxy) is 1. The van der Waals surface area contributed by atoms with E-state index in [1.807, 2.05) is 0 Å². The second-order valence-corrected chi connectivity index (χ2v) is 2.36. The maximum absolute atomic E-state index is 9.45. The van der Waals surface area contributed by atoms with E-state index >= 15 is 0 Å². The number of nitrogens with two attached hydrogens (primary N) is 1. The van der Waals surface area contributed by atoms with Crippen LogP contribution in [-0.4, -0.2) is 18.6 Å². The highest BCUT2D eigenvalue weighted by Gasteiger charge is 2.09. The average molecular weight is 116 g/mol. The van der Waals surface area contributed by atoms with Crippen molar-refractivity contribution in [3.63, 3.8) is 0 Å². The third kappa shape index (κ3) is 5.43. The van der Waals surface area contributed by atoms with Crippen LogP contribution >= 0.6 is 0 Å². The summed E-state index contributed by atoms with van der Waals surface area (Å²) >= 11 is 0. The molecule has 0 bridgehead atoms. The van der Waals surface area contributed by atoms with Crippen molar-refractivity contribution in [2.45, 2.75) is 19.4 Å². The molecule has 0 aromatic rings. The van der Waals surface area contributed by atoms with E-state index in [1.165, 1.54) is 6.47 Å². The second-order valence-electron chi connectivity index (χ2n) is 2.36. The van der Waals surface area contributed by atoms with E-state index in [2.05, 4.69) is 4.74 Å². The first kappa shape index (κ1) is 7.43. The van der Waals surface area contributed by atoms with Gasteiger partial charge in [0.05, 0.1) is 0 Å². The second kappa shape index (κ2) is 2.67. The molecule has 0 heterocycles. The van der Waals surface area contributed by atoms with Crippen molar-refractivity contribution in [1.82, 2.24) is 0 Å². The van der Waals surface area contributed by atoms with Gasteiger partial charge in [-0.1, -0.05) is 0 Å². The molecule has 47 valence electrons. The van der Waals surface area contributed by atoms with Gasteiger partial charge in [0.1, 0.15) is 6.61 Å². The standard InChI is InChI=1S/C5H10NO2/c1-5(2,6)3-8-4-7/h3,6H2,1-2H3. The Balaban J connectivity index is 3.24. The fraction of sp³-hybridized carbons (Fsp3) is 0.800. The highest BCUT2D eigenvalue weighted by Crippen LogP contribution is 1.94. The summed E-state index contributed by atoms with van der Waals surface area (Å²) in [6.07, 6.45) is 0. The van der Waals surface area contributed by atoms with Crippen LogP contribution in [0, 0.1) is 0 Å². The van der Waals surface area contributed by atoms with E-state index in [1.54, 1.807) is 13.8 Å². The molecule has 0 aliphatic heterocycles. The molecule has 0 rings (SSSR count). The van der Waals surface area contributed by atoms with Crippen molar-refractivity contribution in [2.24, 2.45) is 5.73 Å². The van der Waals surface area contributed by atoms with Crippen LogP contribution in [0.5, 0.6) is 0 Å². The molecule has 0 saturated heterocycles. The molecular formula is C5H10NO2. The molecule has 3 nitrogen and oxygen atoms in total. The first-order chi connectivity index (χ1) is 3.56. The fourth-order valence-electron chi connectivity index (χ4n) is 0.215. The summed E-state index contributed by atoms with van der Waals surface area (Å²) in [4.78, 5) is 9.45. The van der Waals surface area contributed by atoms with Gasteiger partial charge in [0.25, 0.3) is 0 Å². The van der Waals surface area contributed by atoms with Gasteiger partial charge in [0.2, 0.25) is 0 Å². The zero-order valence-corrected chi connectivity index (χ0v) is 5.10. The van der Waals surface area contributed by atoms with Gasteiger partial charge in [0.15, 0.2) is 0 Å². The largest absolute Gasteiger partial charge is 0.455 e. The van der Waals surface area contributed by atoms with Gasteiger partial charge >= 0.3 is 6.47 Å². The number of hydrogen-bond donors (Lipinski definition) is 1. The third-order valence-corrected chi connectivity index (χ3v) is 0.503. The van der Waals surface area contributed by atoms with Gasteiger partial charge in [-0.15, -0.1) is 0 Å². The highest BCUT2D eigenvalue weighted by atomic mass is 16.5. The van der Waals surface area contributed by atoms with Gasteiger partial charge in [-0.05, 0) is 13.8 Å². The SMILES string of the molecule is CC(C)(N)CO[C]=O. The molecule has 0 spiro atoms. The monoisotopic (exact) mass is 116 g/mol.